The number of anilines is 1. The predicted molar refractivity (Wildman–Crippen MR) is 131 cm³/mol. The minimum absolute atomic E-state index is 0.640. The number of nitrogens with zero attached hydrogens (tertiary/aromatic N) is 1. The first-order chi connectivity index (χ1) is 15.1. The van der Waals surface area contributed by atoms with Crippen LogP contribution in [0.5, 0.6) is 0 Å². The molecule has 0 aliphatic carbocycles. The number of aromatic nitrogens is 1. The van der Waals surface area contributed by atoms with Crippen molar-refractivity contribution in [2.45, 2.75) is 32.1 Å². The highest BCUT2D eigenvalue weighted by Gasteiger charge is 2.17. The molecular weight excluding hydrogens is 400 g/mol. The van der Waals surface area contributed by atoms with Crippen LogP contribution in [0.3, 0.4) is 0 Å². The van der Waals surface area contributed by atoms with E-state index in [4.69, 9.17) is 9.40 Å². The normalized spacial score (nSPS) is 14.8. The third-order valence-corrected chi connectivity index (χ3v) is 6.62. The molecule has 0 amide bonds. The van der Waals surface area contributed by atoms with E-state index in [9.17, 15) is 0 Å². The fraction of sp³-hybridized carbons (Fsp3) is 0.148. The minimum atomic E-state index is 0.640. The van der Waals surface area contributed by atoms with Gasteiger partial charge in [0.1, 0.15) is 5.52 Å². The number of nitrogens with one attached hydrogen (secondary N) is 1. The molecule has 4 aromatic rings. The van der Waals surface area contributed by atoms with Crippen molar-refractivity contribution in [3.8, 4) is 11.1 Å². The minimum Gasteiger partial charge on any atom is -0.437 e. The Morgan fingerprint density at radius 2 is 1.81 bits per heavy atom. The molecule has 0 spiro atoms. The number of thioether (sulfide) groups is 1. The van der Waals surface area contributed by atoms with Crippen LogP contribution in [0.2, 0.25) is 0 Å². The van der Waals surface area contributed by atoms with Crippen LogP contribution < -0.4 is 5.32 Å². The van der Waals surface area contributed by atoms with E-state index in [0.717, 1.165) is 28.1 Å². The van der Waals surface area contributed by atoms with E-state index in [1.165, 1.54) is 32.8 Å². The maximum Gasteiger partial charge on any atom is 0.220 e. The molecule has 2 heterocycles. The van der Waals surface area contributed by atoms with E-state index in [0.29, 0.717) is 5.89 Å². The average molecular weight is 425 g/mol. The van der Waals surface area contributed by atoms with Crippen LogP contribution in [0.1, 0.15) is 30.4 Å². The molecule has 0 radical (unpaired) electrons. The van der Waals surface area contributed by atoms with E-state index in [1.807, 2.05) is 30.3 Å². The van der Waals surface area contributed by atoms with Gasteiger partial charge in [-0.2, -0.15) is 0 Å². The van der Waals surface area contributed by atoms with Gasteiger partial charge in [0.05, 0.1) is 10.7 Å². The largest absolute Gasteiger partial charge is 0.437 e. The summed E-state index contributed by atoms with van der Waals surface area (Å²) in [6, 6.07) is 21.0. The molecule has 0 saturated carbocycles. The van der Waals surface area contributed by atoms with Crippen molar-refractivity contribution in [1.82, 2.24) is 4.98 Å². The second kappa shape index (κ2) is 8.12. The first kappa shape index (κ1) is 19.7. The molecule has 0 saturated heterocycles. The number of benzene rings is 3. The first-order valence-corrected chi connectivity index (χ1v) is 11.3. The molecule has 3 nitrogen and oxygen atoms in total. The van der Waals surface area contributed by atoms with Crippen molar-refractivity contribution >= 4 is 34.6 Å². The maximum absolute atomic E-state index is 6.01. The number of aryl methyl sites for hydroxylation is 2. The van der Waals surface area contributed by atoms with Crippen LogP contribution in [0.15, 0.2) is 86.7 Å². The molecule has 1 aliphatic rings. The molecule has 0 fully saturated rings. The summed E-state index contributed by atoms with van der Waals surface area (Å²) in [5.74, 6) is 0.640. The molecular formula is C27H24N2OS. The van der Waals surface area contributed by atoms with Crippen molar-refractivity contribution in [3.63, 3.8) is 0 Å². The van der Waals surface area contributed by atoms with Crippen LogP contribution in [0.4, 0.5) is 5.69 Å². The van der Waals surface area contributed by atoms with Gasteiger partial charge in [-0.05, 0) is 78.4 Å². The first-order valence-electron chi connectivity index (χ1n) is 10.5. The summed E-state index contributed by atoms with van der Waals surface area (Å²) in [7, 11) is 0. The molecule has 0 unspecified atom stereocenters. The highest BCUT2D eigenvalue weighted by atomic mass is 32.2. The van der Waals surface area contributed by atoms with Gasteiger partial charge in [-0.3, -0.25) is 0 Å². The molecule has 1 aromatic heterocycles. The summed E-state index contributed by atoms with van der Waals surface area (Å²) in [5, 5.41) is 4.67. The lowest BCUT2D eigenvalue weighted by molar-refractivity contribution is 0.588. The van der Waals surface area contributed by atoms with Gasteiger partial charge in [-0.1, -0.05) is 55.1 Å². The van der Waals surface area contributed by atoms with E-state index in [2.05, 4.69) is 68.6 Å². The van der Waals surface area contributed by atoms with Gasteiger partial charge in [0.2, 0.25) is 5.89 Å². The zero-order valence-corrected chi connectivity index (χ0v) is 18.7. The summed E-state index contributed by atoms with van der Waals surface area (Å²) in [6.45, 7) is 6.46. The maximum atomic E-state index is 6.01. The fourth-order valence-electron chi connectivity index (χ4n) is 3.70. The van der Waals surface area contributed by atoms with Crippen LogP contribution in [0.25, 0.3) is 28.3 Å². The summed E-state index contributed by atoms with van der Waals surface area (Å²) in [4.78, 5) is 6.00. The van der Waals surface area contributed by atoms with Gasteiger partial charge in [-0.25, -0.2) is 4.98 Å². The van der Waals surface area contributed by atoms with Gasteiger partial charge in [0.25, 0.3) is 0 Å². The van der Waals surface area contributed by atoms with Crippen molar-refractivity contribution < 1.29 is 4.42 Å². The highest BCUT2D eigenvalue weighted by Crippen LogP contribution is 2.42. The summed E-state index contributed by atoms with van der Waals surface area (Å²) >= 11 is 1.78. The molecule has 31 heavy (non-hydrogen) atoms. The number of rotatable bonds is 4. The molecule has 0 atom stereocenters. The second-order valence-corrected chi connectivity index (χ2v) is 8.93. The van der Waals surface area contributed by atoms with Crippen LogP contribution >= 0.6 is 11.8 Å². The standard InChI is InChI=1S/C27H24N2OS/c1-4-19(15-27-29-23-12-17(2)18(3)13-25(23)31-27)14-26-28-22-16-21(10-11-24(22)30-26)20-8-6-5-7-9-20/h5-16,29H,4H2,1-3H3/b19-14-,27-15?. The molecule has 1 N–H and O–H groups in total. The Morgan fingerprint density at radius 3 is 2.61 bits per heavy atom. The van der Waals surface area contributed by atoms with E-state index < -0.39 is 0 Å². The molecule has 154 valence electrons. The zero-order chi connectivity index (χ0) is 21.4. The van der Waals surface area contributed by atoms with Gasteiger partial charge in [-0.15, -0.1) is 0 Å². The molecule has 0 bridgehead atoms. The molecule has 3 aromatic carbocycles. The van der Waals surface area contributed by atoms with Crippen molar-refractivity contribution in [3.05, 3.63) is 94.4 Å². The SMILES string of the molecule is CC/C(C=C1Nc2cc(C)c(C)cc2S1)=C/c1nc2cc(-c3ccccc3)ccc2o1. The lowest BCUT2D eigenvalue weighted by Crippen LogP contribution is -1.91. The lowest BCUT2D eigenvalue weighted by Gasteiger charge is -2.03. The summed E-state index contributed by atoms with van der Waals surface area (Å²) < 4.78 is 6.01. The van der Waals surface area contributed by atoms with Crippen LogP contribution in [0, 0.1) is 13.8 Å². The number of hydrogen-bond donors (Lipinski definition) is 1. The number of hydrogen-bond acceptors (Lipinski definition) is 4. The van der Waals surface area contributed by atoms with Crippen LogP contribution in [-0.4, -0.2) is 4.98 Å². The molecule has 1 aliphatic heterocycles. The zero-order valence-electron chi connectivity index (χ0n) is 17.9. The Kier molecular flexibility index (Phi) is 5.16. The summed E-state index contributed by atoms with van der Waals surface area (Å²) in [6.07, 6.45) is 5.13. The van der Waals surface area contributed by atoms with Crippen molar-refractivity contribution in [2.75, 3.05) is 5.32 Å². The third-order valence-electron chi connectivity index (χ3n) is 5.62. The van der Waals surface area contributed by atoms with E-state index in [-0.39, 0.29) is 0 Å². The van der Waals surface area contributed by atoms with E-state index >= 15 is 0 Å². The number of oxazole rings is 1. The molecule has 5 rings (SSSR count). The van der Waals surface area contributed by atoms with Crippen molar-refractivity contribution in [2.24, 2.45) is 0 Å². The Morgan fingerprint density at radius 1 is 1.00 bits per heavy atom. The fourth-order valence-corrected chi connectivity index (χ4v) is 4.77. The lowest BCUT2D eigenvalue weighted by atomic mass is 10.1. The van der Waals surface area contributed by atoms with Gasteiger partial charge < -0.3 is 9.73 Å². The Balaban J connectivity index is 1.43. The summed E-state index contributed by atoms with van der Waals surface area (Å²) in [5.41, 5.74) is 8.99. The smallest absolute Gasteiger partial charge is 0.220 e. The van der Waals surface area contributed by atoms with Crippen LogP contribution in [-0.2, 0) is 0 Å². The Hall–Kier alpha value is -3.24. The molecule has 4 heteroatoms. The Labute approximate surface area is 186 Å². The Bertz CT molecular complexity index is 1300. The quantitative estimate of drug-likeness (QED) is 0.360. The van der Waals surface area contributed by atoms with Gasteiger partial charge >= 0.3 is 0 Å². The second-order valence-electron chi connectivity index (χ2n) is 7.84. The highest BCUT2D eigenvalue weighted by molar-refractivity contribution is 8.03. The third kappa shape index (κ3) is 4.04. The average Bonchev–Trinajstić information content (AvgIpc) is 3.36. The monoisotopic (exact) mass is 424 g/mol. The topological polar surface area (TPSA) is 38.1 Å². The van der Waals surface area contributed by atoms with Crippen molar-refractivity contribution in [1.29, 1.82) is 0 Å². The predicted octanol–water partition coefficient (Wildman–Crippen LogP) is 7.96. The number of allylic oxidation sites excluding steroid dienone is 2. The van der Waals surface area contributed by atoms with Gasteiger partial charge in [0.15, 0.2) is 5.58 Å². The van der Waals surface area contributed by atoms with E-state index in [1.54, 1.807) is 11.8 Å². The van der Waals surface area contributed by atoms with Gasteiger partial charge in [0, 0.05) is 11.0 Å². The number of fused-ring (bicyclic) bond motifs is 2.